The third-order valence-corrected chi connectivity index (χ3v) is 17.8. The number of guanidine groups is 2. The molecule has 0 radical (unpaired) electrons. The second-order valence-electron chi connectivity index (χ2n) is 20.5. The molecule has 0 aliphatic carbocycles. The lowest BCUT2D eigenvalue weighted by Crippen LogP contribution is -2.47. The number of sulfonamides is 2. The van der Waals surface area contributed by atoms with E-state index >= 15 is 0 Å². The van der Waals surface area contributed by atoms with E-state index in [4.69, 9.17) is 11.5 Å². The molecule has 2 atom stereocenters. The number of halogens is 2. The summed E-state index contributed by atoms with van der Waals surface area (Å²) in [4.78, 5) is 69.2. The number of hydrogen-bond donors (Lipinski definition) is 11. The highest BCUT2D eigenvalue weighted by atomic mass is 79.9. The normalized spacial score (nSPS) is 13.0. The summed E-state index contributed by atoms with van der Waals surface area (Å²) < 4.78 is 59.3. The summed E-state index contributed by atoms with van der Waals surface area (Å²) >= 11 is 6.98. The number of nitrogens with zero attached hydrogens (tertiary/aromatic N) is 2. The van der Waals surface area contributed by atoms with Crippen LogP contribution in [0.15, 0.2) is 102 Å². The molecule has 0 bridgehead atoms. The van der Waals surface area contributed by atoms with Crippen LogP contribution in [0.4, 0.5) is 0 Å². The van der Waals surface area contributed by atoms with Gasteiger partial charge in [0.2, 0.25) is 35.5 Å². The van der Waals surface area contributed by atoms with Crippen LogP contribution in [0.2, 0.25) is 0 Å². The molecule has 0 saturated heterocycles. The third kappa shape index (κ3) is 18.9. The minimum Gasteiger partial charge on any atom is -0.369 e. The first-order chi connectivity index (χ1) is 38.9. The van der Waals surface area contributed by atoms with Crippen LogP contribution in [0.25, 0.3) is 21.8 Å². The van der Waals surface area contributed by atoms with E-state index in [9.17, 15) is 36.0 Å². The molecule has 0 saturated carbocycles. The predicted octanol–water partition coefficient (Wildman–Crippen LogP) is 5.92. The van der Waals surface area contributed by atoms with Crippen molar-refractivity contribution in [2.24, 2.45) is 21.5 Å². The van der Waals surface area contributed by atoms with E-state index in [1.54, 1.807) is 64.4 Å². The van der Waals surface area contributed by atoms with E-state index in [1.807, 2.05) is 50.2 Å². The largest absolute Gasteiger partial charge is 0.369 e. The molecular formula is C57H75Br2N13O8S2. The summed E-state index contributed by atoms with van der Waals surface area (Å²) in [6.45, 7) is 12.7. The molecule has 4 aromatic carbocycles. The van der Waals surface area contributed by atoms with Crippen molar-refractivity contribution in [3.05, 3.63) is 127 Å². The number of carbonyl (C=O) groups is 4. The van der Waals surface area contributed by atoms with Crippen LogP contribution >= 0.6 is 31.9 Å². The standard InChI is InChI=1S/C57H75Br2N13O8S2/c1-34-24-36(3)52(37(4)25-34)81(77,78)71-56(60)65-21-9-12-48(69-50(73)28-40-32-67-46-16-14-42(58)30-44(40)46)54(75)63-20-8-7-18-62-19-11-23-64-55(76)49(70-51(74)29-41-33-68-47-17-15-43(59)31-45(41)47)13-10-22-66-57(61)72-82(79,80)53-38(5)26-35(2)27-39(53)6/h14-17,24-27,30-33,48-49,62,67-68H,7-13,18-23,28-29H2,1-6H3,(H,63,75)(H,64,76)(H,69,73)(H,70,74)(H3,60,65,71)(H3,61,66,72)/t48-,49-/m1/s1. The van der Waals surface area contributed by atoms with Gasteiger partial charge >= 0.3 is 0 Å². The van der Waals surface area contributed by atoms with E-state index in [-0.39, 0.29) is 84.1 Å². The monoisotopic (exact) mass is 1290 g/mol. The summed E-state index contributed by atoms with van der Waals surface area (Å²) in [7, 11) is -8.02. The molecule has 2 aromatic heterocycles. The Morgan fingerprint density at radius 3 is 1.33 bits per heavy atom. The fraction of sp³-hybridized carbons (Fsp3) is 0.404. The topological polar surface area (TPSA) is 329 Å². The zero-order valence-corrected chi connectivity index (χ0v) is 51.9. The van der Waals surface area contributed by atoms with Gasteiger partial charge in [0.15, 0.2) is 0 Å². The number of aliphatic imine (C=N–C) groups is 2. The number of rotatable bonds is 29. The number of amides is 4. The van der Waals surface area contributed by atoms with Crippen molar-refractivity contribution in [1.82, 2.24) is 46.0 Å². The van der Waals surface area contributed by atoms with Gasteiger partial charge in [0.25, 0.3) is 20.0 Å². The van der Waals surface area contributed by atoms with Crippen LogP contribution in [-0.2, 0) is 52.1 Å². The van der Waals surface area contributed by atoms with E-state index in [0.717, 1.165) is 53.0 Å². The van der Waals surface area contributed by atoms with Crippen molar-refractivity contribution < 1.29 is 36.0 Å². The third-order valence-electron chi connectivity index (χ3n) is 13.5. The number of benzene rings is 4. The Kier molecular flexibility index (Phi) is 23.5. The highest BCUT2D eigenvalue weighted by Gasteiger charge is 2.25. The molecule has 82 heavy (non-hydrogen) atoms. The number of unbranched alkanes of at least 4 members (excludes halogenated alkanes) is 1. The van der Waals surface area contributed by atoms with Crippen molar-refractivity contribution in [2.75, 3.05) is 39.3 Å². The Balaban J connectivity index is 0.956. The second kappa shape index (κ2) is 30.0. The van der Waals surface area contributed by atoms with E-state index in [1.165, 1.54) is 0 Å². The lowest BCUT2D eigenvalue weighted by molar-refractivity contribution is -0.128. The number of nitrogens with one attached hydrogen (secondary N) is 9. The van der Waals surface area contributed by atoms with Crippen molar-refractivity contribution in [3.63, 3.8) is 0 Å². The summed E-state index contributed by atoms with van der Waals surface area (Å²) in [5, 5.41) is 16.8. The van der Waals surface area contributed by atoms with Gasteiger partial charge in [0.05, 0.1) is 22.6 Å². The Morgan fingerprint density at radius 2 is 0.915 bits per heavy atom. The minimum absolute atomic E-state index is 0.0251. The molecular weight excluding hydrogens is 1220 g/mol. The van der Waals surface area contributed by atoms with Gasteiger partial charge in [-0.05, 0) is 169 Å². The average molecular weight is 1290 g/mol. The van der Waals surface area contributed by atoms with Gasteiger partial charge in [-0.15, -0.1) is 0 Å². The zero-order valence-electron chi connectivity index (χ0n) is 47.1. The first kappa shape index (κ1) is 64.4. The minimum atomic E-state index is -4.01. The molecule has 0 unspecified atom stereocenters. The molecule has 4 amide bonds. The molecule has 13 N–H and O–H groups in total. The number of hydrogen-bond acceptors (Lipinski definition) is 11. The van der Waals surface area contributed by atoms with Gasteiger partial charge in [-0.3, -0.25) is 29.2 Å². The number of aromatic nitrogens is 2. The molecule has 25 heteroatoms. The number of aryl methyl sites for hydroxylation is 6. The quantitative estimate of drug-likeness (QED) is 0.0149. The molecule has 6 aromatic rings. The van der Waals surface area contributed by atoms with Gasteiger partial charge in [-0.25, -0.2) is 26.3 Å². The maximum atomic E-state index is 13.6. The molecule has 6 rings (SSSR count). The van der Waals surface area contributed by atoms with Crippen LogP contribution < -0.4 is 47.5 Å². The first-order valence-electron chi connectivity index (χ1n) is 27.1. The van der Waals surface area contributed by atoms with Crippen LogP contribution in [0.1, 0.15) is 89.5 Å². The Morgan fingerprint density at radius 1 is 0.537 bits per heavy atom. The van der Waals surface area contributed by atoms with Crippen molar-refractivity contribution >= 4 is 109 Å². The predicted molar refractivity (Wildman–Crippen MR) is 329 cm³/mol. The van der Waals surface area contributed by atoms with Gasteiger partial charge in [-0.2, -0.15) is 0 Å². The Labute approximate surface area is 496 Å². The van der Waals surface area contributed by atoms with Crippen LogP contribution in [0.3, 0.4) is 0 Å². The smallest absolute Gasteiger partial charge is 0.264 e. The lowest BCUT2D eigenvalue weighted by atomic mass is 10.1. The maximum absolute atomic E-state index is 13.6. The Bertz CT molecular complexity index is 3290. The number of fused-ring (bicyclic) bond motifs is 2. The molecule has 21 nitrogen and oxygen atoms in total. The number of H-pyrrole nitrogens is 2. The van der Waals surface area contributed by atoms with E-state index in [2.05, 4.69) is 87.8 Å². The van der Waals surface area contributed by atoms with Gasteiger partial charge in [0, 0.05) is 69.3 Å². The molecule has 442 valence electrons. The van der Waals surface area contributed by atoms with E-state index in [0.29, 0.717) is 80.5 Å². The molecule has 0 fully saturated rings. The highest BCUT2D eigenvalue weighted by Crippen LogP contribution is 2.26. The first-order valence-corrected chi connectivity index (χ1v) is 31.6. The summed E-state index contributed by atoms with van der Waals surface area (Å²) in [5.74, 6) is -2.03. The van der Waals surface area contributed by atoms with Gasteiger partial charge < -0.3 is 48.0 Å². The number of carbonyl (C=O) groups excluding carboxylic acids is 4. The SMILES string of the molecule is Cc1cc(C)c(S(=O)(=O)NC(N)=NCCC[C@@H](NC(=O)Cc2c[nH]c3ccc(Br)cc23)C(=O)NCCCCNCCCNC(=O)[C@@H](CCCN=C(N)NS(=O)(=O)c2c(C)cc(C)cc2C)NC(=O)Cc2c[nH]c3ccc(Br)cc23)c(C)c1. The fourth-order valence-electron chi connectivity index (χ4n) is 9.96. The van der Waals surface area contributed by atoms with Crippen molar-refractivity contribution in [2.45, 2.75) is 121 Å². The van der Waals surface area contributed by atoms with Gasteiger partial charge in [-0.1, -0.05) is 67.3 Å². The number of nitrogens with two attached hydrogens (primary N) is 2. The van der Waals surface area contributed by atoms with Crippen LogP contribution in [0.5, 0.6) is 0 Å². The zero-order chi connectivity index (χ0) is 59.7. The molecule has 2 heterocycles. The highest BCUT2D eigenvalue weighted by molar-refractivity contribution is 9.10. The van der Waals surface area contributed by atoms with Crippen LogP contribution in [-0.4, -0.2) is 114 Å². The fourth-order valence-corrected chi connectivity index (χ4v) is 13.5. The second-order valence-corrected chi connectivity index (χ2v) is 25.5. The molecule has 0 aliphatic rings. The summed E-state index contributed by atoms with van der Waals surface area (Å²) in [6, 6.07) is 16.8. The van der Waals surface area contributed by atoms with E-state index < -0.39 is 32.1 Å². The van der Waals surface area contributed by atoms with Crippen molar-refractivity contribution in [3.8, 4) is 0 Å². The maximum Gasteiger partial charge on any atom is 0.264 e. The molecule has 0 aliphatic heterocycles. The summed E-state index contributed by atoms with van der Waals surface area (Å²) in [6.07, 6.45) is 6.53. The average Bonchev–Trinajstić information content (AvgIpc) is 4.11. The number of aromatic amines is 2. The summed E-state index contributed by atoms with van der Waals surface area (Å²) in [5.41, 5.74) is 19.5. The van der Waals surface area contributed by atoms with Crippen LogP contribution in [0, 0.1) is 41.5 Å². The lowest BCUT2D eigenvalue weighted by Gasteiger charge is -2.19. The Hall–Kier alpha value is -6.80. The molecule has 0 spiro atoms. The van der Waals surface area contributed by atoms with Gasteiger partial charge in [0.1, 0.15) is 12.1 Å². The van der Waals surface area contributed by atoms with Crippen molar-refractivity contribution in [1.29, 1.82) is 0 Å².